The van der Waals surface area contributed by atoms with Gasteiger partial charge in [-0.2, -0.15) is 0 Å². The number of aliphatic hydroxyl groups excluding tert-OH is 1. The maximum Gasteiger partial charge on any atom is 0.365 e. The Morgan fingerprint density at radius 3 is 1.67 bits per heavy atom. The van der Waals surface area contributed by atoms with Crippen LogP contribution in [-0.2, 0) is 8.85 Å². The Balaban J connectivity index is 0. The van der Waals surface area contributed by atoms with Gasteiger partial charge in [-0.05, 0) is 26.8 Å². The number of aliphatic hydroxyl groups is 1. The maximum atomic E-state index is 9.65. The molecule has 1 N–H and O–H groups in total. The van der Waals surface area contributed by atoms with Crippen LogP contribution in [0.4, 0.5) is 0 Å². The topological polar surface area (TPSA) is 38.7 Å². The number of hydrogen-bond donors (Lipinski definition) is 1. The van der Waals surface area contributed by atoms with Crippen molar-refractivity contribution in [2.24, 2.45) is 0 Å². The van der Waals surface area contributed by atoms with E-state index in [-0.39, 0.29) is 0 Å². The summed E-state index contributed by atoms with van der Waals surface area (Å²) in [6.07, 6.45) is 0.697. The lowest BCUT2D eigenvalue weighted by atomic mass is 10.5. The Hall–Kier alpha value is 0.924. The highest BCUT2D eigenvalue weighted by Crippen LogP contribution is 2.19. The first-order valence-electron chi connectivity index (χ1n) is 5.83. The maximum absolute atomic E-state index is 9.65. The van der Waals surface area contributed by atoms with E-state index in [2.05, 4.69) is 6.58 Å². The van der Waals surface area contributed by atoms with Gasteiger partial charge in [-0.25, -0.2) is 0 Å². The van der Waals surface area contributed by atoms with Gasteiger partial charge in [-0.15, -0.1) is 39.8 Å². The molecule has 0 rings (SSSR count). The molecular formula is C10H23Cl3O3Si2. The molecule has 18 heavy (non-hydrogen) atoms. The van der Waals surface area contributed by atoms with Gasteiger partial charge < -0.3 is 14.0 Å². The van der Waals surface area contributed by atoms with Crippen LogP contribution in [0.3, 0.4) is 0 Å². The molecule has 110 valence electrons. The summed E-state index contributed by atoms with van der Waals surface area (Å²) < 4.78 is 11.0. The predicted octanol–water partition coefficient (Wildman–Crippen LogP) is 3.81. The van der Waals surface area contributed by atoms with Crippen molar-refractivity contribution >= 4 is 47.8 Å². The molecule has 0 heterocycles. The molecule has 3 nitrogen and oxygen atoms in total. The van der Waals surface area contributed by atoms with Gasteiger partial charge in [0.15, 0.2) is 0 Å². The summed E-state index contributed by atoms with van der Waals surface area (Å²) in [7, 11) is -2.30. The van der Waals surface area contributed by atoms with Crippen molar-refractivity contribution < 1.29 is 14.0 Å². The van der Waals surface area contributed by atoms with E-state index in [1.165, 1.54) is 5.70 Å². The van der Waals surface area contributed by atoms with Gasteiger partial charge >= 0.3 is 14.6 Å². The zero-order valence-corrected chi connectivity index (χ0v) is 15.6. The van der Waals surface area contributed by atoms with Crippen molar-refractivity contribution in [1.29, 1.82) is 0 Å². The van der Waals surface area contributed by atoms with Crippen molar-refractivity contribution in [3.8, 4) is 0 Å². The molecule has 0 aromatic carbocycles. The smallest absolute Gasteiger partial charge is 0.365 e. The minimum atomic E-state index is -2.45. The van der Waals surface area contributed by atoms with E-state index < -0.39 is 20.3 Å². The van der Waals surface area contributed by atoms with Gasteiger partial charge in [0.2, 0.25) is 0 Å². The van der Waals surface area contributed by atoms with Crippen molar-refractivity contribution in [3.63, 3.8) is 0 Å². The van der Waals surface area contributed by atoms with Gasteiger partial charge in [-0.1, -0.05) is 12.6 Å². The molecule has 0 radical (unpaired) electrons. The Morgan fingerprint density at radius 1 is 1.17 bits per heavy atom. The van der Waals surface area contributed by atoms with Gasteiger partial charge in [0.1, 0.15) is 0 Å². The summed E-state index contributed by atoms with van der Waals surface area (Å²) in [5.41, 5.74) is 0.954. The number of halogens is 3. The number of hydrogen-bond acceptors (Lipinski definition) is 3. The van der Waals surface area contributed by atoms with Gasteiger partial charge in [-0.3, -0.25) is 0 Å². The van der Waals surface area contributed by atoms with Crippen molar-refractivity contribution in [1.82, 2.24) is 0 Å². The van der Waals surface area contributed by atoms with Crippen LogP contribution in [0.2, 0.25) is 6.55 Å². The highest BCUT2D eigenvalue weighted by molar-refractivity contribution is 7.66. The molecule has 0 fully saturated rings. The molecule has 1 unspecified atom stereocenters. The van der Waals surface area contributed by atoms with E-state index in [1.807, 2.05) is 27.3 Å². The van der Waals surface area contributed by atoms with Crippen LogP contribution in [0.15, 0.2) is 12.3 Å². The molecular weight excluding hydrogens is 331 g/mol. The summed E-state index contributed by atoms with van der Waals surface area (Å²) in [6, 6.07) is -2.45. The lowest BCUT2D eigenvalue weighted by Gasteiger charge is -2.29. The highest BCUT2D eigenvalue weighted by Gasteiger charge is 2.38. The molecule has 0 aliphatic heterocycles. The third-order valence-electron chi connectivity index (χ3n) is 2.09. The molecule has 0 aliphatic rings. The SMILES string of the molecule is C=C[Si](Cl)(Cl)Cl.CCO[Si](C)(OCC)C(O)CC. The first kappa shape index (κ1) is 21.2. The van der Waals surface area contributed by atoms with Crippen LogP contribution in [0.25, 0.3) is 0 Å². The second kappa shape index (κ2) is 10.7. The van der Waals surface area contributed by atoms with Crippen LogP contribution in [-0.4, -0.2) is 38.6 Å². The van der Waals surface area contributed by atoms with E-state index in [9.17, 15) is 5.11 Å². The Kier molecular flexibility index (Phi) is 12.6. The van der Waals surface area contributed by atoms with Crippen LogP contribution in [0, 0.1) is 0 Å². The van der Waals surface area contributed by atoms with E-state index in [0.29, 0.717) is 19.6 Å². The average molecular weight is 354 g/mol. The Bertz CT molecular complexity index is 219. The molecule has 0 amide bonds. The van der Waals surface area contributed by atoms with Gasteiger partial charge in [0.25, 0.3) is 0 Å². The first-order valence-corrected chi connectivity index (χ1v) is 13.3. The number of rotatable bonds is 7. The third-order valence-corrected chi connectivity index (χ3v) is 7.28. The van der Waals surface area contributed by atoms with E-state index >= 15 is 0 Å². The quantitative estimate of drug-likeness (QED) is 0.558. The fraction of sp³-hybridized carbons (Fsp3) is 0.800. The summed E-state index contributed by atoms with van der Waals surface area (Å²) in [5, 5.41) is 9.65. The molecule has 0 saturated heterocycles. The van der Waals surface area contributed by atoms with Crippen molar-refractivity contribution in [2.75, 3.05) is 13.2 Å². The van der Waals surface area contributed by atoms with Crippen LogP contribution in [0.1, 0.15) is 27.2 Å². The average Bonchev–Trinajstić information content (AvgIpc) is 2.28. The molecule has 1 atom stereocenters. The van der Waals surface area contributed by atoms with Gasteiger partial charge in [0.05, 0.1) is 5.73 Å². The Labute approximate surface area is 126 Å². The predicted molar refractivity (Wildman–Crippen MR) is 84.7 cm³/mol. The molecule has 0 aromatic rings. The monoisotopic (exact) mass is 352 g/mol. The van der Waals surface area contributed by atoms with Crippen LogP contribution < -0.4 is 0 Å². The molecule has 0 saturated carbocycles. The molecule has 0 bridgehead atoms. The third kappa shape index (κ3) is 10.8. The molecule has 0 aliphatic carbocycles. The van der Waals surface area contributed by atoms with Crippen LogP contribution in [0.5, 0.6) is 0 Å². The lowest BCUT2D eigenvalue weighted by Crippen LogP contribution is -2.50. The zero-order chi connectivity index (χ0) is 14.8. The normalized spacial score (nSPS) is 13.6. The van der Waals surface area contributed by atoms with E-state index in [1.54, 1.807) is 0 Å². The summed E-state index contributed by atoms with van der Waals surface area (Å²) >= 11 is 15.8. The van der Waals surface area contributed by atoms with Gasteiger partial charge in [0, 0.05) is 13.2 Å². The van der Waals surface area contributed by atoms with Crippen LogP contribution >= 0.6 is 33.2 Å². The second-order valence-electron chi connectivity index (χ2n) is 3.55. The largest absolute Gasteiger partial charge is 0.393 e. The summed E-state index contributed by atoms with van der Waals surface area (Å²) in [4.78, 5) is 0. The van der Waals surface area contributed by atoms with E-state index in [0.717, 1.165) is 0 Å². The second-order valence-corrected chi connectivity index (χ2v) is 15.4. The van der Waals surface area contributed by atoms with E-state index in [4.69, 9.17) is 42.1 Å². The Morgan fingerprint density at radius 2 is 1.50 bits per heavy atom. The lowest BCUT2D eigenvalue weighted by molar-refractivity contribution is 0.114. The first-order chi connectivity index (χ1) is 8.16. The van der Waals surface area contributed by atoms with Crippen molar-refractivity contribution in [3.05, 3.63) is 12.3 Å². The standard InChI is InChI=1S/C8H20O3Si.C2H3Cl3Si/c1-5-8(9)12(4,10-6-2)11-7-3;1-2-6(3,4)5/h8-9H,5-7H2,1-4H3;2H,1H2. The fourth-order valence-corrected chi connectivity index (χ4v) is 3.53. The molecule has 8 heteroatoms. The zero-order valence-electron chi connectivity index (χ0n) is 11.4. The molecule has 0 spiro atoms. The van der Waals surface area contributed by atoms with Crippen molar-refractivity contribution in [2.45, 2.75) is 39.5 Å². The molecule has 0 aromatic heterocycles. The summed E-state index contributed by atoms with van der Waals surface area (Å²) in [5.74, 6) is 0. The summed E-state index contributed by atoms with van der Waals surface area (Å²) in [6.45, 7) is 12.2. The minimum Gasteiger partial charge on any atom is -0.393 e. The minimum absolute atomic E-state index is 0.419. The highest BCUT2D eigenvalue weighted by atomic mass is 35.8. The fourth-order valence-electron chi connectivity index (χ4n) is 1.18.